The fraction of sp³-hybridized carbons (Fsp3) is 0.111. The van der Waals surface area contributed by atoms with E-state index in [4.69, 9.17) is 20.9 Å². The number of fused-ring (bicyclic) bond motifs is 1. The van der Waals surface area contributed by atoms with E-state index in [1.807, 2.05) is 61.5 Å². The summed E-state index contributed by atoms with van der Waals surface area (Å²) in [6.45, 7) is 2.11. The second-order valence-electron chi connectivity index (χ2n) is 5.25. The van der Waals surface area contributed by atoms with Crippen LogP contribution in [0.5, 0.6) is 11.5 Å². The molecule has 0 saturated heterocycles. The number of nitrogens with zero attached hydrogens (tertiary/aromatic N) is 2. The Hall–Kier alpha value is -3.28. The lowest BCUT2D eigenvalue weighted by atomic mass is 9.99. The summed E-state index contributed by atoms with van der Waals surface area (Å²) in [4.78, 5) is 0. The SMILES string of the molecule is CC(=N\N=C(N)N)/C(=C\c1ccc2c(c1)OCO2)c1ccccc1. The van der Waals surface area contributed by atoms with Gasteiger partial charge in [-0.2, -0.15) is 5.10 Å². The Morgan fingerprint density at radius 2 is 1.75 bits per heavy atom. The highest BCUT2D eigenvalue weighted by molar-refractivity contribution is 6.27. The van der Waals surface area contributed by atoms with E-state index in [1.165, 1.54) is 0 Å². The third-order valence-electron chi connectivity index (χ3n) is 3.50. The van der Waals surface area contributed by atoms with Gasteiger partial charge in [-0.25, -0.2) is 0 Å². The van der Waals surface area contributed by atoms with Crippen LogP contribution in [-0.4, -0.2) is 18.5 Å². The molecule has 0 unspecified atom stereocenters. The van der Waals surface area contributed by atoms with Gasteiger partial charge in [-0.3, -0.25) is 0 Å². The lowest BCUT2D eigenvalue weighted by Gasteiger charge is -2.08. The number of rotatable bonds is 4. The molecule has 0 aromatic heterocycles. The molecule has 6 nitrogen and oxygen atoms in total. The van der Waals surface area contributed by atoms with Crippen molar-refractivity contribution in [2.24, 2.45) is 21.7 Å². The van der Waals surface area contributed by atoms with Crippen molar-refractivity contribution < 1.29 is 9.47 Å². The van der Waals surface area contributed by atoms with Crippen LogP contribution < -0.4 is 20.9 Å². The minimum absolute atomic E-state index is 0.0789. The number of benzene rings is 2. The molecule has 0 spiro atoms. The van der Waals surface area contributed by atoms with Crippen LogP contribution >= 0.6 is 0 Å². The largest absolute Gasteiger partial charge is 0.454 e. The van der Waals surface area contributed by atoms with E-state index >= 15 is 0 Å². The second-order valence-corrected chi connectivity index (χ2v) is 5.25. The molecule has 1 aliphatic rings. The summed E-state index contributed by atoms with van der Waals surface area (Å²) in [5.41, 5.74) is 14.3. The predicted molar refractivity (Wildman–Crippen MR) is 95.8 cm³/mol. The Kier molecular flexibility index (Phi) is 4.47. The molecule has 0 bridgehead atoms. The molecule has 2 aromatic carbocycles. The monoisotopic (exact) mass is 322 g/mol. The molecule has 0 atom stereocenters. The summed E-state index contributed by atoms with van der Waals surface area (Å²) in [7, 11) is 0. The lowest BCUT2D eigenvalue weighted by Crippen LogP contribution is -2.22. The highest BCUT2D eigenvalue weighted by atomic mass is 16.7. The van der Waals surface area contributed by atoms with Crippen LogP contribution in [0.2, 0.25) is 0 Å². The Bertz CT molecular complexity index is 822. The summed E-state index contributed by atoms with van der Waals surface area (Å²) in [5.74, 6) is 1.40. The molecule has 24 heavy (non-hydrogen) atoms. The van der Waals surface area contributed by atoms with Crippen LogP contribution in [0.25, 0.3) is 11.6 Å². The van der Waals surface area contributed by atoms with Crippen molar-refractivity contribution in [1.29, 1.82) is 0 Å². The minimum Gasteiger partial charge on any atom is -0.454 e. The van der Waals surface area contributed by atoms with E-state index in [9.17, 15) is 0 Å². The summed E-state index contributed by atoms with van der Waals surface area (Å²) in [6, 6.07) is 15.7. The predicted octanol–water partition coefficient (Wildman–Crippen LogP) is 2.61. The van der Waals surface area contributed by atoms with Gasteiger partial charge in [0.05, 0.1) is 5.71 Å². The third kappa shape index (κ3) is 3.55. The standard InChI is InChI=1S/C18H18N4O2/c1-12(21-22-18(19)20)15(14-5-3-2-4-6-14)9-13-7-8-16-17(10-13)24-11-23-16/h2-10H,11H2,1H3,(H4,19,20,22)/b15-9+,21-12+. The number of allylic oxidation sites excluding steroid dienone is 1. The maximum atomic E-state index is 5.43. The first-order valence-corrected chi connectivity index (χ1v) is 7.44. The first-order valence-electron chi connectivity index (χ1n) is 7.44. The van der Waals surface area contributed by atoms with Gasteiger partial charge >= 0.3 is 0 Å². The van der Waals surface area contributed by atoms with E-state index < -0.39 is 0 Å². The maximum Gasteiger partial charge on any atom is 0.231 e. The molecule has 0 fully saturated rings. The number of guanidine groups is 1. The van der Waals surface area contributed by atoms with Crippen LogP contribution in [0.4, 0.5) is 0 Å². The van der Waals surface area contributed by atoms with Crippen molar-refractivity contribution in [3.05, 3.63) is 59.7 Å². The van der Waals surface area contributed by atoms with Gasteiger partial charge in [0.1, 0.15) is 0 Å². The van der Waals surface area contributed by atoms with Crippen LogP contribution in [0.15, 0.2) is 58.7 Å². The van der Waals surface area contributed by atoms with E-state index in [-0.39, 0.29) is 12.8 Å². The summed E-state index contributed by atoms with van der Waals surface area (Å²) < 4.78 is 10.8. The number of hydrogen-bond donors (Lipinski definition) is 2. The number of ether oxygens (including phenoxy) is 2. The zero-order valence-corrected chi connectivity index (χ0v) is 13.3. The number of nitrogens with two attached hydrogens (primary N) is 2. The zero-order valence-electron chi connectivity index (χ0n) is 13.3. The Morgan fingerprint density at radius 3 is 2.50 bits per heavy atom. The van der Waals surface area contributed by atoms with Gasteiger partial charge in [-0.15, -0.1) is 5.10 Å². The van der Waals surface area contributed by atoms with Crippen molar-refractivity contribution in [2.45, 2.75) is 6.92 Å². The molecule has 4 N–H and O–H groups in total. The highest BCUT2D eigenvalue weighted by Gasteiger charge is 2.13. The molecule has 0 amide bonds. The fourth-order valence-corrected chi connectivity index (χ4v) is 2.37. The Labute approximate surface area is 140 Å². The van der Waals surface area contributed by atoms with Crippen molar-refractivity contribution in [3.8, 4) is 11.5 Å². The normalized spacial score (nSPS) is 13.7. The molecule has 1 heterocycles. The van der Waals surface area contributed by atoms with Crippen molar-refractivity contribution in [2.75, 3.05) is 6.79 Å². The van der Waals surface area contributed by atoms with Gasteiger partial charge in [0.2, 0.25) is 12.8 Å². The summed E-state index contributed by atoms with van der Waals surface area (Å²) in [6.07, 6.45) is 2.01. The first-order chi connectivity index (χ1) is 11.6. The van der Waals surface area contributed by atoms with Crippen molar-refractivity contribution >= 4 is 23.3 Å². The molecule has 1 aliphatic heterocycles. The molecule has 6 heteroatoms. The molecular weight excluding hydrogens is 304 g/mol. The number of hydrogen-bond acceptors (Lipinski definition) is 4. The van der Waals surface area contributed by atoms with Crippen LogP contribution in [0.1, 0.15) is 18.1 Å². The molecule has 122 valence electrons. The topological polar surface area (TPSA) is 95.2 Å². The van der Waals surface area contributed by atoms with E-state index in [0.717, 1.165) is 28.2 Å². The van der Waals surface area contributed by atoms with Gasteiger partial charge in [0, 0.05) is 5.57 Å². The average Bonchev–Trinajstić information content (AvgIpc) is 3.06. The summed E-state index contributed by atoms with van der Waals surface area (Å²) in [5, 5.41) is 7.84. The molecular formula is C18H18N4O2. The van der Waals surface area contributed by atoms with Crippen molar-refractivity contribution in [1.82, 2.24) is 0 Å². The highest BCUT2D eigenvalue weighted by Crippen LogP contribution is 2.33. The molecule has 2 aromatic rings. The third-order valence-corrected chi connectivity index (χ3v) is 3.50. The summed E-state index contributed by atoms with van der Waals surface area (Å²) >= 11 is 0. The van der Waals surface area contributed by atoms with Gasteiger partial charge in [-0.05, 0) is 36.3 Å². The molecule has 0 saturated carbocycles. The van der Waals surface area contributed by atoms with E-state index in [2.05, 4.69) is 10.2 Å². The second kappa shape index (κ2) is 6.87. The van der Waals surface area contributed by atoms with Crippen LogP contribution in [0.3, 0.4) is 0 Å². The molecule has 3 rings (SSSR count). The zero-order chi connectivity index (χ0) is 16.9. The minimum atomic E-state index is -0.0789. The van der Waals surface area contributed by atoms with Gasteiger partial charge < -0.3 is 20.9 Å². The lowest BCUT2D eigenvalue weighted by molar-refractivity contribution is 0.174. The smallest absolute Gasteiger partial charge is 0.231 e. The Morgan fingerprint density at radius 1 is 1.00 bits per heavy atom. The Balaban J connectivity index is 2.04. The quantitative estimate of drug-likeness (QED) is 0.391. The molecule has 0 radical (unpaired) electrons. The van der Waals surface area contributed by atoms with E-state index in [0.29, 0.717) is 5.71 Å². The fourth-order valence-electron chi connectivity index (χ4n) is 2.37. The van der Waals surface area contributed by atoms with Crippen LogP contribution in [0, 0.1) is 0 Å². The van der Waals surface area contributed by atoms with Crippen molar-refractivity contribution in [3.63, 3.8) is 0 Å². The average molecular weight is 322 g/mol. The van der Waals surface area contributed by atoms with E-state index in [1.54, 1.807) is 0 Å². The van der Waals surface area contributed by atoms with Gasteiger partial charge in [0.25, 0.3) is 0 Å². The van der Waals surface area contributed by atoms with Crippen LogP contribution in [-0.2, 0) is 0 Å². The van der Waals surface area contributed by atoms with Gasteiger partial charge in [0.15, 0.2) is 11.5 Å². The van der Waals surface area contributed by atoms with Gasteiger partial charge in [-0.1, -0.05) is 36.4 Å². The first kappa shape index (κ1) is 15.6. The maximum absolute atomic E-state index is 5.43. The molecule has 0 aliphatic carbocycles.